The predicted molar refractivity (Wildman–Crippen MR) is 60.3 cm³/mol. The molecule has 1 aromatic heterocycles. The molecule has 0 spiro atoms. The summed E-state index contributed by atoms with van der Waals surface area (Å²) in [6.07, 6.45) is 3.86. The van der Waals surface area contributed by atoms with Gasteiger partial charge >= 0.3 is 0 Å². The van der Waals surface area contributed by atoms with E-state index >= 15 is 0 Å². The molecule has 1 aromatic carbocycles. The summed E-state index contributed by atoms with van der Waals surface area (Å²) in [5.74, 6) is 1.89. The van der Waals surface area contributed by atoms with Crippen LogP contribution in [0.4, 0.5) is 5.88 Å². The van der Waals surface area contributed by atoms with Gasteiger partial charge in [0.2, 0.25) is 5.88 Å². The van der Waals surface area contributed by atoms with Crippen molar-refractivity contribution in [1.82, 2.24) is 0 Å². The summed E-state index contributed by atoms with van der Waals surface area (Å²) in [7, 11) is 0. The summed E-state index contributed by atoms with van der Waals surface area (Å²) < 4.78 is 5.56. The number of benzene rings is 1. The van der Waals surface area contributed by atoms with E-state index in [9.17, 15) is 0 Å². The van der Waals surface area contributed by atoms with Gasteiger partial charge in [0.05, 0.1) is 5.88 Å². The summed E-state index contributed by atoms with van der Waals surface area (Å²) in [5, 5.41) is 4.42. The van der Waals surface area contributed by atoms with Crippen LogP contribution in [0.2, 0.25) is 0 Å². The number of furan rings is 1. The Hall–Kier alpha value is -1.35. The van der Waals surface area contributed by atoms with Gasteiger partial charge in [-0.3, -0.25) is 0 Å². The summed E-state index contributed by atoms with van der Waals surface area (Å²) in [6, 6.07) is 8.21. The number of nitrogens with zero attached hydrogens (tertiary/aromatic N) is 1. The van der Waals surface area contributed by atoms with Crippen molar-refractivity contribution in [3.63, 3.8) is 0 Å². The van der Waals surface area contributed by atoms with E-state index in [4.69, 9.17) is 4.42 Å². The molecule has 0 atom stereocenters. The number of rotatable bonds is 1. The molecule has 14 heavy (non-hydrogen) atoms. The lowest BCUT2D eigenvalue weighted by Crippen LogP contribution is -2.09. The van der Waals surface area contributed by atoms with Gasteiger partial charge in [-0.05, 0) is 11.5 Å². The van der Waals surface area contributed by atoms with Crippen LogP contribution in [0.15, 0.2) is 46.6 Å². The maximum absolute atomic E-state index is 5.56. The molecule has 0 aliphatic carbocycles. The lowest BCUT2D eigenvalue weighted by atomic mass is 10.2. The third-order valence-electron chi connectivity index (χ3n) is 2.30. The monoisotopic (exact) mass is 203 g/mol. The first kappa shape index (κ1) is 8.00. The fourth-order valence-corrected chi connectivity index (χ4v) is 2.29. The van der Waals surface area contributed by atoms with Crippen LogP contribution in [-0.2, 0) is 0 Å². The van der Waals surface area contributed by atoms with E-state index in [-0.39, 0.29) is 0 Å². The Labute approximate surface area is 86.2 Å². The number of hydrogen-bond donors (Lipinski definition) is 0. The molecule has 1 aliphatic rings. The summed E-state index contributed by atoms with van der Waals surface area (Å²) >= 11 is 1.77. The Morgan fingerprint density at radius 3 is 3.07 bits per heavy atom. The molecule has 0 N–H and O–H groups in total. The van der Waals surface area contributed by atoms with E-state index < -0.39 is 0 Å². The minimum Gasteiger partial charge on any atom is -0.447 e. The highest BCUT2D eigenvalue weighted by molar-refractivity contribution is 8.02. The van der Waals surface area contributed by atoms with Gasteiger partial charge in [-0.25, -0.2) is 0 Å². The second-order valence-electron chi connectivity index (χ2n) is 3.18. The Bertz CT molecular complexity index is 489. The summed E-state index contributed by atoms with van der Waals surface area (Å²) in [6.45, 7) is 0. The van der Waals surface area contributed by atoms with Crippen LogP contribution in [0.25, 0.3) is 10.8 Å². The van der Waals surface area contributed by atoms with Crippen LogP contribution in [0.3, 0.4) is 0 Å². The van der Waals surface area contributed by atoms with Gasteiger partial charge in [0.1, 0.15) is 6.26 Å². The molecule has 0 unspecified atom stereocenters. The maximum Gasteiger partial charge on any atom is 0.207 e. The third kappa shape index (κ3) is 1.13. The quantitative estimate of drug-likeness (QED) is 0.706. The highest BCUT2D eigenvalue weighted by Gasteiger charge is 2.14. The van der Waals surface area contributed by atoms with Crippen molar-refractivity contribution in [2.75, 3.05) is 10.8 Å². The van der Waals surface area contributed by atoms with Crippen LogP contribution in [0.5, 0.6) is 0 Å². The fourth-order valence-electron chi connectivity index (χ4n) is 1.61. The minimum absolute atomic E-state index is 0.942. The molecule has 0 saturated carbocycles. The summed E-state index contributed by atoms with van der Waals surface area (Å²) in [4.78, 5) is 2.12. The van der Waals surface area contributed by atoms with Crippen molar-refractivity contribution in [3.8, 4) is 0 Å². The molecular weight excluding hydrogens is 194 g/mol. The van der Waals surface area contributed by atoms with E-state index in [0.717, 1.165) is 17.1 Å². The maximum atomic E-state index is 5.56. The number of hydrogen-bond acceptors (Lipinski definition) is 3. The van der Waals surface area contributed by atoms with Gasteiger partial charge in [-0.15, -0.1) is 11.8 Å². The molecule has 3 rings (SSSR count). The molecule has 0 radical (unpaired) electrons. The van der Waals surface area contributed by atoms with Crippen molar-refractivity contribution < 1.29 is 4.42 Å². The zero-order valence-corrected chi connectivity index (χ0v) is 8.33. The first-order chi connectivity index (χ1) is 6.95. The van der Waals surface area contributed by atoms with E-state index in [1.807, 2.05) is 18.4 Å². The average molecular weight is 203 g/mol. The lowest BCUT2D eigenvalue weighted by Gasteiger charge is -2.10. The van der Waals surface area contributed by atoms with E-state index in [1.165, 1.54) is 5.39 Å². The van der Waals surface area contributed by atoms with Crippen molar-refractivity contribution in [1.29, 1.82) is 0 Å². The van der Waals surface area contributed by atoms with Crippen LogP contribution in [0.1, 0.15) is 0 Å². The van der Waals surface area contributed by atoms with Crippen LogP contribution in [0, 0.1) is 0 Å². The average Bonchev–Trinajstić information content (AvgIpc) is 2.85. The van der Waals surface area contributed by atoms with Gasteiger partial charge in [0, 0.05) is 17.0 Å². The standard InChI is InChI=1S/C11H9NOS/c1-2-4-10-9(3-1)7-13-11(10)12-5-6-14-8-12/h1-7H,8H2. The Balaban J connectivity index is 2.16. The van der Waals surface area contributed by atoms with Crippen molar-refractivity contribution >= 4 is 28.4 Å². The summed E-state index contributed by atoms with van der Waals surface area (Å²) in [5.41, 5.74) is 0. The predicted octanol–water partition coefficient (Wildman–Crippen LogP) is 3.41. The molecule has 2 heterocycles. The van der Waals surface area contributed by atoms with Gasteiger partial charge < -0.3 is 9.32 Å². The second kappa shape index (κ2) is 3.10. The molecule has 2 aromatic rings. The first-order valence-corrected chi connectivity index (χ1v) is 5.51. The topological polar surface area (TPSA) is 16.4 Å². The van der Waals surface area contributed by atoms with Crippen molar-refractivity contribution in [2.24, 2.45) is 0 Å². The Morgan fingerprint density at radius 2 is 2.21 bits per heavy atom. The molecule has 0 fully saturated rings. The zero-order chi connectivity index (χ0) is 9.38. The van der Waals surface area contributed by atoms with E-state index in [2.05, 4.69) is 28.6 Å². The SMILES string of the molecule is C1=CN(c2occ3ccccc23)CS1. The molecule has 0 saturated heterocycles. The second-order valence-corrected chi connectivity index (χ2v) is 4.04. The first-order valence-electron chi connectivity index (χ1n) is 4.46. The third-order valence-corrected chi connectivity index (χ3v) is 3.04. The van der Waals surface area contributed by atoms with E-state index in [1.54, 1.807) is 11.8 Å². The van der Waals surface area contributed by atoms with Crippen molar-refractivity contribution in [2.45, 2.75) is 0 Å². The zero-order valence-electron chi connectivity index (χ0n) is 7.51. The molecule has 0 bridgehead atoms. The Morgan fingerprint density at radius 1 is 1.29 bits per heavy atom. The van der Waals surface area contributed by atoms with Gasteiger partial charge in [0.15, 0.2) is 0 Å². The van der Waals surface area contributed by atoms with Gasteiger partial charge in [0.25, 0.3) is 0 Å². The molecule has 2 nitrogen and oxygen atoms in total. The van der Waals surface area contributed by atoms with Gasteiger partial charge in [-0.2, -0.15) is 0 Å². The highest BCUT2D eigenvalue weighted by atomic mass is 32.2. The molecule has 3 heteroatoms. The fraction of sp³-hybridized carbons (Fsp3) is 0.0909. The van der Waals surface area contributed by atoms with Crippen molar-refractivity contribution in [3.05, 3.63) is 42.1 Å². The smallest absolute Gasteiger partial charge is 0.207 e. The molecular formula is C11H9NOS. The largest absolute Gasteiger partial charge is 0.447 e. The number of thioether (sulfide) groups is 1. The van der Waals surface area contributed by atoms with Crippen LogP contribution >= 0.6 is 11.8 Å². The van der Waals surface area contributed by atoms with E-state index in [0.29, 0.717) is 0 Å². The lowest BCUT2D eigenvalue weighted by molar-refractivity contribution is 0.573. The van der Waals surface area contributed by atoms with Crippen LogP contribution in [-0.4, -0.2) is 5.88 Å². The minimum atomic E-state index is 0.942. The van der Waals surface area contributed by atoms with Gasteiger partial charge in [-0.1, -0.05) is 18.2 Å². The van der Waals surface area contributed by atoms with Crippen LogP contribution < -0.4 is 4.90 Å². The normalized spacial score (nSPS) is 15.6. The molecule has 70 valence electrons. The highest BCUT2D eigenvalue weighted by Crippen LogP contribution is 2.32. The molecule has 1 aliphatic heterocycles. The Kier molecular flexibility index (Phi) is 1.77. The number of anilines is 1. The number of fused-ring (bicyclic) bond motifs is 1. The molecule has 0 amide bonds.